The van der Waals surface area contributed by atoms with E-state index in [4.69, 9.17) is 9.47 Å². The number of nitrogens with one attached hydrogen (secondary N) is 1. The van der Waals surface area contributed by atoms with Crippen molar-refractivity contribution in [2.45, 2.75) is 13.0 Å². The van der Waals surface area contributed by atoms with E-state index in [1.807, 2.05) is 0 Å². The van der Waals surface area contributed by atoms with Gasteiger partial charge in [0.2, 0.25) is 0 Å². The molecular weight excluding hydrogens is 387 g/mol. The number of carbonyl (C=O) groups excluding carboxylic acids is 1. The number of ether oxygens (including phenoxy) is 2. The number of carbonyl (C=O) groups is 1. The molecule has 0 unspecified atom stereocenters. The predicted octanol–water partition coefficient (Wildman–Crippen LogP) is 3.64. The Bertz CT molecular complexity index is 1100. The fourth-order valence-electron chi connectivity index (χ4n) is 3.55. The van der Waals surface area contributed by atoms with Gasteiger partial charge in [0.1, 0.15) is 19.0 Å². The van der Waals surface area contributed by atoms with E-state index < -0.39 is 0 Å². The Morgan fingerprint density at radius 3 is 2.70 bits per heavy atom. The second-order valence-corrected chi connectivity index (χ2v) is 7.13. The number of anilines is 1. The molecule has 0 saturated carbocycles. The molecule has 0 fully saturated rings. The molecule has 0 bridgehead atoms. The van der Waals surface area contributed by atoms with E-state index in [1.165, 1.54) is 12.1 Å². The van der Waals surface area contributed by atoms with Crippen LogP contribution in [0.2, 0.25) is 0 Å². The molecule has 0 radical (unpaired) electrons. The second kappa shape index (κ2) is 7.62. The van der Waals surface area contributed by atoms with E-state index in [2.05, 4.69) is 15.3 Å². The van der Waals surface area contributed by atoms with Crippen molar-refractivity contribution in [2.24, 2.45) is 0 Å². The van der Waals surface area contributed by atoms with Crippen LogP contribution in [0.3, 0.4) is 0 Å². The quantitative estimate of drug-likeness (QED) is 0.703. The van der Waals surface area contributed by atoms with E-state index in [-0.39, 0.29) is 11.8 Å². The molecule has 2 aliphatic rings. The normalized spacial score (nSPS) is 14.8. The van der Waals surface area contributed by atoms with Crippen LogP contribution in [0.4, 0.5) is 14.9 Å². The second-order valence-electron chi connectivity index (χ2n) is 7.13. The molecule has 1 aromatic heterocycles. The Hall–Kier alpha value is -3.68. The SMILES string of the molecule is O=C(Nc1ccc2c(c1)OCCO2)N1CCc2nc(-c3ccc(F)cc3)ncc2C1. The number of hydrogen-bond acceptors (Lipinski definition) is 5. The number of aromatic nitrogens is 2. The maximum Gasteiger partial charge on any atom is 0.322 e. The number of halogens is 1. The van der Waals surface area contributed by atoms with Crippen LogP contribution in [0.5, 0.6) is 11.5 Å². The number of hydrogen-bond donors (Lipinski definition) is 1. The smallest absolute Gasteiger partial charge is 0.322 e. The summed E-state index contributed by atoms with van der Waals surface area (Å²) in [5, 5.41) is 2.91. The lowest BCUT2D eigenvalue weighted by molar-refractivity contribution is 0.171. The van der Waals surface area contributed by atoms with Crippen LogP contribution in [0.25, 0.3) is 11.4 Å². The number of urea groups is 1. The molecular formula is C22H19FN4O3. The number of benzene rings is 2. The fourth-order valence-corrected chi connectivity index (χ4v) is 3.55. The molecule has 0 atom stereocenters. The summed E-state index contributed by atoms with van der Waals surface area (Å²) in [6.45, 7) is 1.99. The summed E-state index contributed by atoms with van der Waals surface area (Å²) in [6, 6.07) is 11.3. The zero-order valence-electron chi connectivity index (χ0n) is 16.1. The van der Waals surface area contributed by atoms with Crippen molar-refractivity contribution in [1.82, 2.24) is 14.9 Å². The molecule has 0 saturated heterocycles. The Morgan fingerprint density at radius 1 is 1.07 bits per heavy atom. The minimum atomic E-state index is -0.295. The standard InChI is InChI=1S/C22H19FN4O3/c23-16-3-1-14(2-4-16)21-24-12-15-13-27(8-7-18(15)26-21)22(28)25-17-5-6-19-20(11-17)30-10-9-29-19/h1-6,11-12H,7-10,13H2,(H,25,28). The molecule has 30 heavy (non-hydrogen) atoms. The number of amides is 2. The van der Waals surface area contributed by atoms with E-state index in [9.17, 15) is 9.18 Å². The van der Waals surface area contributed by atoms with Crippen molar-refractivity contribution in [3.05, 3.63) is 65.7 Å². The van der Waals surface area contributed by atoms with Crippen molar-refractivity contribution in [3.63, 3.8) is 0 Å². The van der Waals surface area contributed by atoms with Crippen LogP contribution >= 0.6 is 0 Å². The van der Waals surface area contributed by atoms with Gasteiger partial charge in [-0.15, -0.1) is 0 Å². The molecule has 0 aliphatic carbocycles. The van der Waals surface area contributed by atoms with Gasteiger partial charge in [-0.3, -0.25) is 0 Å². The van der Waals surface area contributed by atoms with Crippen LogP contribution in [-0.2, 0) is 13.0 Å². The molecule has 5 rings (SSSR count). The van der Waals surface area contributed by atoms with Crippen LogP contribution in [-0.4, -0.2) is 40.7 Å². The Morgan fingerprint density at radius 2 is 1.87 bits per heavy atom. The van der Waals surface area contributed by atoms with E-state index in [0.717, 1.165) is 16.8 Å². The summed E-state index contributed by atoms with van der Waals surface area (Å²) in [5.74, 6) is 1.57. The number of nitrogens with zero attached hydrogens (tertiary/aromatic N) is 3. The summed E-state index contributed by atoms with van der Waals surface area (Å²) in [5.41, 5.74) is 3.23. The highest BCUT2D eigenvalue weighted by atomic mass is 19.1. The van der Waals surface area contributed by atoms with Crippen LogP contribution < -0.4 is 14.8 Å². The third-order valence-electron chi connectivity index (χ3n) is 5.12. The summed E-state index contributed by atoms with van der Waals surface area (Å²) < 4.78 is 24.2. The van der Waals surface area contributed by atoms with Crippen LogP contribution in [0.1, 0.15) is 11.3 Å². The van der Waals surface area contributed by atoms with Crippen molar-refractivity contribution in [3.8, 4) is 22.9 Å². The zero-order chi connectivity index (χ0) is 20.5. The zero-order valence-corrected chi connectivity index (χ0v) is 16.1. The van der Waals surface area contributed by atoms with Gasteiger partial charge in [0.05, 0.1) is 12.2 Å². The number of fused-ring (bicyclic) bond motifs is 2. The first kappa shape index (κ1) is 18.4. The minimum absolute atomic E-state index is 0.195. The lowest BCUT2D eigenvalue weighted by atomic mass is 10.1. The van der Waals surface area contributed by atoms with Crippen LogP contribution in [0, 0.1) is 5.82 Å². The van der Waals surface area contributed by atoms with Crippen LogP contribution in [0.15, 0.2) is 48.7 Å². The minimum Gasteiger partial charge on any atom is -0.486 e. The first-order valence-electron chi connectivity index (χ1n) is 9.72. The highest BCUT2D eigenvalue weighted by Gasteiger charge is 2.23. The molecule has 2 aromatic carbocycles. The topological polar surface area (TPSA) is 76.6 Å². The van der Waals surface area contributed by atoms with Crippen molar-refractivity contribution < 1.29 is 18.7 Å². The first-order valence-corrected chi connectivity index (χ1v) is 9.72. The first-order chi connectivity index (χ1) is 14.7. The van der Waals surface area contributed by atoms with Crippen molar-refractivity contribution in [2.75, 3.05) is 25.1 Å². The highest BCUT2D eigenvalue weighted by molar-refractivity contribution is 5.90. The molecule has 0 spiro atoms. The van der Waals surface area contributed by atoms with Gasteiger partial charge in [-0.2, -0.15) is 0 Å². The Kier molecular flexibility index (Phi) is 4.66. The molecule has 3 heterocycles. The average Bonchev–Trinajstić information content (AvgIpc) is 2.79. The average molecular weight is 406 g/mol. The van der Waals surface area contributed by atoms with Crippen molar-refractivity contribution in [1.29, 1.82) is 0 Å². The Balaban J connectivity index is 1.28. The van der Waals surface area contributed by atoms with Gasteiger partial charge in [0, 0.05) is 42.0 Å². The summed E-state index contributed by atoms with van der Waals surface area (Å²) in [4.78, 5) is 23.5. The molecule has 152 valence electrons. The fraction of sp³-hybridized carbons (Fsp3) is 0.227. The third-order valence-corrected chi connectivity index (χ3v) is 5.12. The Labute approximate surface area is 172 Å². The summed E-state index contributed by atoms with van der Waals surface area (Å²) >= 11 is 0. The molecule has 1 N–H and O–H groups in total. The highest BCUT2D eigenvalue weighted by Crippen LogP contribution is 2.32. The van der Waals surface area contributed by atoms with Gasteiger partial charge in [-0.05, 0) is 36.4 Å². The summed E-state index contributed by atoms with van der Waals surface area (Å²) in [6.07, 6.45) is 2.37. The van der Waals surface area contributed by atoms with E-state index >= 15 is 0 Å². The maximum absolute atomic E-state index is 13.1. The van der Waals surface area contributed by atoms with Gasteiger partial charge >= 0.3 is 6.03 Å². The molecule has 2 aliphatic heterocycles. The third kappa shape index (κ3) is 3.63. The van der Waals surface area contributed by atoms with E-state index in [0.29, 0.717) is 55.7 Å². The molecule has 3 aromatic rings. The monoisotopic (exact) mass is 406 g/mol. The van der Waals surface area contributed by atoms with Gasteiger partial charge in [-0.1, -0.05) is 0 Å². The number of rotatable bonds is 2. The molecule has 2 amide bonds. The van der Waals surface area contributed by atoms with E-state index in [1.54, 1.807) is 41.4 Å². The van der Waals surface area contributed by atoms with Gasteiger partial charge < -0.3 is 19.7 Å². The predicted molar refractivity (Wildman–Crippen MR) is 108 cm³/mol. The van der Waals surface area contributed by atoms with Gasteiger partial charge in [0.25, 0.3) is 0 Å². The lowest BCUT2D eigenvalue weighted by Gasteiger charge is -2.28. The van der Waals surface area contributed by atoms with Gasteiger partial charge in [-0.25, -0.2) is 19.2 Å². The largest absolute Gasteiger partial charge is 0.486 e. The van der Waals surface area contributed by atoms with Gasteiger partial charge in [0.15, 0.2) is 17.3 Å². The summed E-state index contributed by atoms with van der Waals surface area (Å²) in [7, 11) is 0. The maximum atomic E-state index is 13.1. The lowest BCUT2D eigenvalue weighted by Crippen LogP contribution is -2.39. The van der Waals surface area contributed by atoms with Crippen molar-refractivity contribution >= 4 is 11.7 Å². The molecule has 7 nitrogen and oxygen atoms in total. The molecule has 8 heteroatoms.